The number of hydrogen-bond acceptors (Lipinski definition) is 4. The fourth-order valence-electron chi connectivity index (χ4n) is 0.891. The molecule has 0 aliphatic heterocycles. The quantitative estimate of drug-likeness (QED) is 0.430. The van der Waals surface area contributed by atoms with E-state index < -0.39 is 35.7 Å². The van der Waals surface area contributed by atoms with Crippen LogP contribution in [0.25, 0.3) is 0 Å². The first kappa shape index (κ1) is 15.9. The Balaban J connectivity index is 5.06. The van der Waals surface area contributed by atoms with Crippen molar-refractivity contribution in [2.75, 3.05) is 6.61 Å². The normalized spacial score (nSPS) is 17.7. The van der Waals surface area contributed by atoms with Crippen molar-refractivity contribution in [3.8, 4) is 0 Å². The summed E-state index contributed by atoms with van der Waals surface area (Å²) in [6.07, 6.45) is -1.12. The van der Waals surface area contributed by atoms with Gasteiger partial charge >= 0.3 is 11.9 Å². The van der Waals surface area contributed by atoms with Gasteiger partial charge in [0.25, 0.3) is 0 Å². The van der Waals surface area contributed by atoms with Crippen LogP contribution >= 0.6 is 11.6 Å². The molecule has 0 bridgehead atoms. The Hall–Kier alpha value is -1.14. The summed E-state index contributed by atoms with van der Waals surface area (Å²) in [5, 5.41) is 14.6. The van der Waals surface area contributed by atoms with Crippen LogP contribution in [0, 0.1) is 0 Å². The number of ether oxygens (including phenoxy) is 1. The van der Waals surface area contributed by atoms with Crippen LogP contribution in [0.15, 0.2) is 12.2 Å². The van der Waals surface area contributed by atoms with Gasteiger partial charge in [-0.05, 0) is 13.8 Å². The smallest absolute Gasteiger partial charge is 0.333 e. The number of carboxylic acid groups (broad SMARTS) is 1. The van der Waals surface area contributed by atoms with E-state index in [0.29, 0.717) is 0 Å². The van der Waals surface area contributed by atoms with Gasteiger partial charge in [0.05, 0.1) is 13.0 Å². The predicted octanol–water partition coefficient (Wildman–Crippen LogP) is 1.24. The van der Waals surface area contributed by atoms with Gasteiger partial charge in [-0.2, -0.15) is 0 Å². The highest BCUT2D eigenvalue weighted by Crippen LogP contribution is 2.37. The van der Waals surface area contributed by atoms with E-state index in [-0.39, 0.29) is 5.57 Å². The molecule has 0 rings (SSSR count). The third-order valence-electron chi connectivity index (χ3n) is 2.12. The number of carbonyl (C=O) groups is 2. The van der Waals surface area contributed by atoms with E-state index in [2.05, 4.69) is 11.3 Å². The average Bonchev–Trinajstić information content (AvgIpc) is 2.14. The summed E-state index contributed by atoms with van der Waals surface area (Å²) in [6, 6.07) is 0. The molecule has 0 aromatic carbocycles. The lowest BCUT2D eigenvalue weighted by Crippen LogP contribution is -2.52. The summed E-state index contributed by atoms with van der Waals surface area (Å²) in [4.78, 5) is 21.7. The Morgan fingerprint density at radius 3 is 2.29 bits per heavy atom. The van der Waals surface area contributed by atoms with E-state index in [1.807, 2.05) is 0 Å². The summed E-state index contributed by atoms with van der Waals surface area (Å²) in [5.41, 5.74) is -2.18. The summed E-state index contributed by atoms with van der Waals surface area (Å²) in [6.45, 7) is 4.65. The SMILES string of the molecule is C=C(C)C(=O)OC(C)(CO)C(F)(Cl)CC(=O)O. The Bertz CT molecular complexity index is 342. The Labute approximate surface area is 103 Å². The van der Waals surface area contributed by atoms with Crippen molar-refractivity contribution in [2.45, 2.75) is 31.0 Å². The molecule has 0 amide bonds. The average molecular weight is 269 g/mol. The topological polar surface area (TPSA) is 83.8 Å². The fraction of sp³-hybridized carbons (Fsp3) is 0.600. The zero-order valence-electron chi connectivity index (χ0n) is 9.50. The van der Waals surface area contributed by atoms with Crippen LogP contribution in [-0.2, 0) is 14.3 Å². The van der Waals surface area contributed by atoms with E-state index in [1.54, 1.807) is 0 Å². The minimum atomic E-state index is -2.92. The molecule has 0 aromatic rings. The molecule has 0 spiro atoms. The maximum atomic E-state index is 13.9. The second-order valence-electron chi connectivity index (χ2n) is 3.83. The molecule has 98 valence electrons. The molecule has 5 nitrogen and oxygen atoms in total. The molecule has 2 unspecified atom stereocenters. The highest BCUT2D eigenvalue weighted by atomic mass is 35.5. The maximum Gasteiger partial charge on any atom is 0.333 e. The lowest BCUT2D eigenvalue weighted by Gasteiger charge is -2.35. The van der Waals surface area contributed by atoms with Gasteiger partial charge in [-0.1, -0.05) is 18.2 Å². The van der Waals surface area contributed by atoms with Crippen LogP contribution in [-0.4, -0.2) is 39.5 Å². The minimum absolute atomic E-state index is 0.0209. The first-order valence-electron chi connectivity index (χ1n) is 4.65. The molecule has 17 heavy (non-hydrogen) atoms. The molecule has 0 fully saturated rings. The molecule has 0 heterocycles. The molecule has 0 radical (unpaired) electrons. The third kappa shape index (κ3) is 3.98. The highest BCUT2D eigenvalue weighted by Gasteiger charge is 2.52. The molecule has 0 saturated carbocycles. The van der Waals surface area contributed by atoms with Crippen molar-refractivity contribution in [1.82, 2.24) is 0 Å². The van der Waals surface area contributed by atoms with Crippen molar-refractivity contribution in [3.05, 3.63) is 12.2 Å². The first-order chi connectivity index (χ1) is 7.55. The minimum Gasteiger partial charge on any atom is -0.481 e. The van der Waals surface area contributed by atoms with E-state index in [0.717, 1.165) is 6.92 Å². The number of carbonyl (C=O) groups excluding carboxylic acids is 1. The Morgan fingerprint density at radius 1 is 1.53 bits per heavy atom. The van der Waals surface area contributed by atoms with E-state index in [1.165, 1.54) is 6.92 Å². The zero-order chi connectivity index (χ0) is 13.9. The van der Waals surface area contributed by atoms with Crippen LogP contribution in [0.3, 0.4) is 0 Å². The van der Waals surface area contributed by atoms with Crippen LogP contribution in [0.5, 0.6) is 0 Å². The lowest BCUT2D eigenvalue weighted by atomic mass is 9.97. The van der Waals surface area contributed by atoms with Gasteiger partial charge < -0.3 is 14.9 Å². The van der Waals surface area contributed by atoms with Crippen molar-refractivity contribution < 1.29 is 28.9 Å². The van der Waals surface area contributed by atoms with Crippen molar-refractivity contribution in [1.29, 1.82) is 0 Å². The zero-order valence-corrected chi connectivity index (χ0v) is 10.3. The van der Waals surface area contributed by atoms with Gasteiger partial charge in [-0.3, -0.25) is 4.79 Å². The second-order valence-corrected chi connectivity index (χ2v) is 4.43. The number of esters is 1. The monoisotopic (exact) mass is 268 g/mol. The number of alkyl halides is 2. The number of aliphatic carboxylic acids is 1. The number of rotatable bonds is 6. The highest BCUT2D eigenvalue weighted by molar-refractivity contribution is 6.24. The third-order valence-corrected chi connectivity index (χ3v) is 2.65. The molecule has 7 heteroatoms. The molecular formula is C10H14ClFO5. The number of carboxylic acids is 1. The molecular weight excluding hydrogens is 255 g/mol. The Kier molecular flexibility index (Phi) is 5.10. The van der Waals surface area contributed by atoms with Crippen molar-refractivity contribution in [3.63, 3.8) is 0 Å². The summed E-state index contributed by atoms with van der Waals surface area (Å²) < 4.78 is 18.6. The molecule has 2 N–H and O–H groups in total. The van der Waals surface area contributed by atoms with Crippen LogP contribution in [0.1, 0.15) is 20.3 Å². The second kappa shape index (κ2) is 5.46. The number of halogens is 2. The van der Waals surface area contributed by atoms with E-state index >= 15 is 0 Å². The number of aliphatic hydroxyl groups is 1. The van der Waals surface area contributed by atoms with Gasteiger partial charge in [0.15, 0.2) is 5.60 Å². The molecule has 0 saturated heterocycles. The van der Waals surface area contributed by atoms with Gasteiger partial charge in [0, 0.05) is 5.57 Å². The van der Waals surface area contributed by atoms with Gasteiger partial charge in [-0.25, -0.2) is 9.18 Å². The predicted molar refractivity (Wildman–Crippen MR) is 58.3 cm³/mol. The summed E-state index contributed by atoms with van der Waals surface area (Å²) >= 11 is 5.37. The van der Waals surface area contributed by atoms with Crippen LogP contribution in [0.4, 0.5) is 4.39 Å². The maximum absolute atomic E-state index is 13.9. The van der Waals surface area contributed by atoms with Crippen molar-refractivity contribution in [2.24, 2.45) is 0 Å². The number of aliphatic hydroxyl groups excluding tert-OH is 1. The number of hydrogen-bond donors (Lipinski definition) is 2. The van der Waals surface area contributed by atoms with Gasteiger partial charge in [0.2, 0.25) is 5.13 Å². The fourth-order valence-corrected chi connectivity index (χ4v) is 1.10. The first-order valence-corrected chi connectivity index (χ1v) is 5.03. The molecule has 2 atom stereocenters. The van der Waals surface area contributed by atoms with Crippen molar-refractivity contribution >= 4 is 23.5 Å². The lowest BCUT2D eigenvalue weighted by molar-refractivity contribution is -0.174. The van der Waals surface area contributed by atoms with E-state index in [4.69, 9.17) is 21.8 Å². The van der Waals surface area contributed by atoms with Gasteiger partial charge in [0.1, 0.15) is 0 Å². The molecule has 0 aromatic heterocycles. The molecule has 0 aliphatic rings. The summed E-state index contributed by atoms with van der Waals surface area (Å²) in [7, 11) is 0. The standard InChI is InChI=1S/C10H14ClFO5/c1-6(2)8(16)17-9(3,5-13)10(11,12)4-7(14)15/h13H,1,4-5H2,2-3H3,(H,14,15). The summed E-state index contributed by atoms with van der Waals surface area (Å²) in [5.74, 6) is -2.48. The van der Waals surface area contributed by atoms with E-state index in [9.17, 15) is 14.0 Å². The van der Waals surface area contributed by atoms with Crippen LogP contribution in [0.2, 0.25) is 0 Å². The van der Waals surface area contributed by atoms with Crippen LogP contribution < -0.4 is 0 Å². The molecule has 0 aliphatic carbocycles. The largest absolute Gasteiger partial charge is 0.481 e. The van der Waals surface area contributed by atoms with Gasteiger partial charge in [-0.15, -0.1) is 0 Å². The Morgan fingerprint density at radius 2 is 2.00 bits per heavy atom.